The number of carbonyl (C=O) groups excluding carboxylic acids is 1. The number of hydrogen-bond acceptors (Lipinski definition) is 7. The minimum Gasteiger partial charge on any atom is -0.493 e. The van der Waals surface area contributed by atoms with Crippen LogP contribution in [-0.4, -0.2) is 72.8 Å². The first kappa shape index (κ1) is 22.0. The zero-order valence-corrected chi connectivity index (χ0v) is 19.2. The molecule has 0 unspecified atom stereocenters. The predicted molar refractivity (Wildman–Crippen MR) is 125 cm³/mol. The van der Waals surface area contributed by atoms with Crippen molar-refractivity contribution in [2.75, 3.05) is 19.4 Å². The van der Waals surface area contributed by atoms with E-state index in [1.807, 2.05) is 6.07 Å². The molecule has 0 aromatic carbocycles. The summed E-state index contributed by atoms with van der Waals surface area (Å²) in [7, 11) is 3.48. The van der Waals surface area contributed by atoms with Gasteiger partial charge in [0.05, 0.1) is 12.2 Å². The highest BCUT2D eigenvalue weighted by Gasteiger charge is 2.24. The van der Waals surface area contributed by atoms with Gasteiger partial charge in [0.15, 0.2) is 11.1 Å². The molecule has 5 rings (SSSR count). The minimum atomic E-state index is -0.489. The first-order chi connectivity index (χ1) is 16.4. The normalized spacial score (nSPS) is 21.7. The molecule has 2 fully saturated rings. The number of aromatic nitrogens is 5. The molecule has 0 aliphatic heterocycles. The van der Waals surface area contributed by atoms with Crippen molar-refractivity contribution in [1.82, 2.24) is 34.8 Å². The van der Waals surface area contributed by atoms with E-state index in [9.17, 15) is 14.7 Å². The Morgan fingerprint density at radius 2 is 1.94 bits per heavy atom. The number of carbonyl (C=O) groups is 1. The molecule has 3 heterocycles. The molecule has 12 nitrogen and oxygen atoms in total. The molecule has 180 valence electrons. The second-order valence-corrected chi connectivity index (χ2v) is 9.22. The molecule has 0 bridgehead atoms. The van der Waals surface area contributed by atoms with Crippen LogP contribution >= 0.6 is 0 Å². The molecule has 12 heteroatoms. The van der Waals surface area contributed by atoms with Crippen molar-refractivity contribution in [3.63, 3.8) is 0 Å². The molecule has 0 spiro atoms. The average Bonchev–Trinajstić information content (AvgIpc) is 3.43. The van der Waals surface area contributed by atoms with E-state index in [4.69, 9.17) is 9.98 Å². The minimum absolute atomic E-state index is 0.0610. The smallest absolute Gasteiger partial charge is 0.326 e. The molecule has 2 aliphatic rings. The molecule has 3 aromatic heterocycles. The summed E-state index contributed by atoms with van der Waals surface area (Å²) < 4.78 is 1.69. The molecule has 2 aliphatic carbocycles. The molecule has 0 radical (unpaired) electrons. The van der Waals surface area contributed by atoms with Crippen LogP contribution < -0.4 is 27.0 Å². The lowest BCUT2D eigenvalue weighted by Gasteiger charge is -2.30. The number of fused-ring (bicyclic) bond motifs is 1. The van der Waals surface area contributed by atoms with Crippen LogP contribution in [0.3, 0.4) is 0 Å². The highest BCUT2D eigenvalue weighted by molar-refractivity contribution is 5.73. The number of imidazole rings is 1. The summed E-state index contributed by atoms with van der Waals surface area (Å²) in [6, 6.07) is 2.57. The summed E-state index contributed by atoms with van der Waals surface area (Å²) >= 11 is 0. The number of nitrogens with zero attached hydrogens (tertiary/aromatic N) is 5. The maximum absolute atomic E-state index is 11.9. The SMILES string of the molecule is CN(C)C(=O)NC1CCC(Nc2cc(=NC3CC3)n3ncc(=Cc4[nH]c(=O)[nH]c4O)c3n2)CC1. The zero-order valence-electron chi connectivity index (χ0n) is 19.2. The Morgan fingerprint density at radius 1 is 1.21 bits per heavy atom. The van der Waals surface area contributed by atoms with Gasteiger partial charge in [-0.3, -0.25) is 9.98 Å². The Bertz CT molecular complexity index is 1370. The van der Waals surface area contributed by atoms with Gasteiger partial charge in [-0.1, -0.05) is 0 Å². The second-order valence-electron chi connectivity index (χ2n) is 9.22. The maximum atomic E-state index is 11.9. The monoisotopic (exact) mass is 467 g/mol. The van der Waals surface area contributed by atoms with Gasteiger partial charge in [-0.15, -0.1) is 0 Å². The molecular formula is C22H29N9O3. The number of nitrogens with one attached hydrogen (secondary N) is 4. The third-order valence-corrected chi connectivity index (χ3v) is 6.19. The summed E-state index contributed by atoms with van der Waals surface area (Å²) in [6.07, 6.45) is 9.01. The fourth-order valence-electron chi connectivity index (χ4n) is 4.16. The van der Waals surface area contributed by atoms with Crippen LogP contribution in [0.1, 0.15) is 44.2 Å². The molecule has 0 saturated heterocycles. The first-order valence-corrected chi connectivity index (χ1v) is 11.6. The number of urea groups is 1. The average molecular weight is 468 g/mol. The van der Waals surface area contributed by atoms with Crippen LogP contribution in [-0.2, 0) is 0 Å². The van der Waals surface area contributed by atoms with Gasteiger partial charge in [-0.2, -0.15) is 9.61 Å². The number of hydrogen-bond donors (Lipinski definition) is 5. The standard InChI is InChI=1S/C22H29N9O3/c1-30(2)22(34)26-15-7-3-13(4-8-15)24-17-10-18(25-14-5-6-14)31-19(28-17)12(11-23-31)9-16-20(32)29-21(33)27-16/h9-11,13-15,24,32H,3-8H2,1-2H3,(H,26,34)(H2,27,29,33). The van der Waals surface area contributed by atoms with Gasteiger partial charge in [-0.25, -0.2) is 14.6 Å². The third kappa shape index (κ3) is 4.75. The van der Waals surface area contributed by atoms with Gasteiger partial charge >= 0.3 is 11.7 Å². The summed E-state index contributed by atoms with van der Waals surface area (Å²) in [6.45, 7) is 0. The summed E-state index contributed by atoms with van der Waals surface area (Å²) in [4.78, 5) is 39.4. The Morgan fingerprint density at radius 3 is 2.59 bits per heavy atom. The first-order valence-electron chi connectivity index (χ1n) is 11.6. The summed E-state index contributed by atoms with van der Waals surface area (Å²) in [5, 5.41) is 21.6. The van der Waals surface area contributed by atoms with Crippen molar-refractivity contribution in [3.8, 4) is 5.88 Å². The van der Waals surface area contributed by atoms with Crippen LogP contribution in [0.25, 0.3) is 11.7 Å². The van der Waals surface area contributed by atoms with Gasteiger partial charge in [0, 0.05) is 37.5 Å². The highest BCUT2D eigenvalue weighted by atomic mass is 16.3. The van der Waals surface area contributed by atoms with E-state index in [1.165, 1.54) is 0 Å². The lowest BCUT2D eigenvalue weighted by atomic mass is 9.91. The van der Waals surface area contributed by atoms with Crippen molar-refractivity contribution in [2.24, 2.45) is 4.99 Å². The molecule has 3 aromatic rings. The van der Waals surface area contributed by atoms with Crippen molar-refractivity contribution in [3.05, 3.63) is 39.1 Å². The predicted octanol–water partition coefficient (Wildman–Crippen LogP) is 0.0564. The van der Waals surface area contributed by atoms with Crippen molar-refractivity contribution in [1.29, 1.82) is 0 Å². The Balaban J connectivity index is 1.41. The van der Waals surface area contributed by atoms with E-state index < -0.39 is 5.69 Å². The third-order valence-electron chi connectivity index (χ3n) is 6.19. The van der Waals surface area contributed by atoms with E-state index in [0.29, 0.717) is 28.2 Å². The van der Waals surface area contributed by atoms with Crippen molar-refractivity contribution < 1.29 is 9.90 Å². The van der Waals surface area contributed by atoms with Gasteiger partial charge < -0.3 is 25.6 Å². The van der Waals surface area contributed by atoms with E-state index in [-0.39, 0.29) is 29.7 Å². The number of rotatable bonds is 5. The lowest BCUT2D eigenvalue weighted by molar-refractivity contribution is 0.208. The Hall–Kier alpha value is -3.83. The fraction of sp³-hybridized carbons (Fsp3) is 0.500. The quantitative estimate of drug-likeness (QED) is 0.357. The summed E-state index contributed by atoms with van der Waals surface area (Å²) in [5.74, 6) is 0.467. The number of aromatic hydroxyl groups is 1. The maximum Gasteiger partial charge on any atom is 0.326 e. The van der Waals surface area contributed by atoms with Gasteiger partial charge in [0.25, 0.3) is 0 Å². The number of aromatic amines is 2. The van der Waals surface area contributed by atoms with Crippen molar-refractivity contribution in [2.45, 2.75) is 56.7 Å². The molecule has 34 heavy (non-hydrogen) atoms. The molecular weight excluding hydrogens is 438 g/mol. The van der Waals surface area contributed by atoms with Crippen LogP contribution in [0.15, 0.2) is 22.1 Å². The Kier molecular flexibility index (Phi) is 5.72. The number of H-pyrrole nitrogens is 2. The molecule has 0 atom stereocenters. The van der Waals surface area contributed by atoms with Gasteiger partial charge in [0.2, 0.25) is 5.88 Å². The second kappa shape index (κ2) is 8.84. The number of amides is 2. The lowest BCUT2D eigenvalue weighted by Crippen LogP contribution is -2.44. The zero-order chi connectivity index (χ0) is 23.8. The summed E-state index contributed by atoms with van der Waals surface area (Å²) in [5.41, 5.74) is 1.07. The van der Waals surface area contributed by atoms with Crippen molar-refractivity contribution >= 4 is 23.6 Å². The van der Waals surface area contributed by atoms with Crippen LogP contribution in [0.4, 0.5) is 10.6 Å². The van der Waals surface area contributed by atoms with Gasteiger partial charge in [-0.05, 0) is 44.6 Å². The number of anilines is 1. The van der Waals surface area contributed by atoms with E-state index in [1.54, 1.807) is 35.8 Å². The highest BCUT2D eigenvalue weighted by Crippen LogP contribution is 2.23. The molecule has 2 saturated carbocycles. The van der Waals surface area contributed by atoms with E-state index >= 15 is 0 Å². The van der Waals surface area contributed by atoms with Gasteiger partial charge in [0.1, 0.15) is 11.5 Å². The van der Waals surface area contributed by atoms with E-state index in [2.05, 4.69) is 25.7 Å². The van der Waals surface area contributed by atoms with Crippen LogP contribution in [0.5, 0.6) is 5.88 Å². The van der Waals surface area contributed by atoms with E-state index in [0.717, 1.165) is 38.5 Å². The molecule has 5 N–H and O–H groups in total. The largest absolute Gasteiger partial charge is 0.493 e. The topological polar surface area (TPSA) is 156 Å². The molecule has 2 amide bonds. The van der Waals surface area contributed by atoms with Crippen LogP contribution in [0, 0.1) is 0 Å². The van der Waals surface area contributed by atoms with Crippen LogP contribution in [0.2, 0.25) is 0 Å². The fourth-order valence-corrected chi connectivity index (χ4v) is 4.16. The Labute approximate surface area is 194 Å².